The number of aryl methyl sites for hydroxylation is 2. The third-order valence-corrected chi connectivity index (χ3v) is 3.46. The van der Waals surface area contributed by atoms with Gasteiger partial charge >= 0.3 is 11.7 Å². The molecule has 2 aromatic rings. The molecule has 2 rings (SSSR count). The molecule has 0 aliphatic rings. The molecule has 0 aromatic carbocycles. The number of aliphatic carboxylic acids is 1. The summed E-state index contributed by atoms with van der Waals surface area (Å²) in [6, 6.07) is 0. The van der Waals surface area contributed by atoms with Crippen LogP contribution in [0.15, 0.2) is 17.2 Å². The lowest BCUT2D eigenvalue weighted by Crippen LogP contribution is -2.28. The fourth-order valence-electron chi connectivity index (χ4n) is 2.36. The summed E-state index contributed by atoms with van der Waals surface area (Å²) in [6.45, 7) is 3.94. The summed E-state index contributed by atoms with van der Waals surface area (Å²) in [5.41, 5.74) is 2.75. The minimum absolute atomic E-state index is 0.0223. The summed E-state index contributed by atoms with van der Waals surface area (Å²) >= 11 is 0. The van der Waals surface area contributed by atoms with Gasteiger partial charge < -0.3 is 5.11 Å². The van der Waals surface area contributed by atoms with Crippen molar-refractivity contribution in [3.05, 3.63) is 45.4 Å². The van der Waals surface area contributed by atoms with Crippen LogP contribution in [0, 0.1) is 13.8 Å². The summed E-state index contributed by atoms with van der Waals surface area (Å²) in [5.74, 6) is -0.862. The zero-order valence-corrected chi connectivity index (χ0v) is 12.3. The standard InChI is InChI=1S/C14H18N4O3/c1-9-12(4-5-13(19)20)10(2)18(14(21)16-9)8-11-6-15-17(3)7-11/h6-7H,4-5,8H2,1-3H3,(H,19,20). The van der Waals surface area contributed by atoms with Crippen molar-refractivity contribution >= 4 is 5.97 Å². The first-order chi connectivity index (χ1) is 9.88. The number of rotatable bonds is 5. The van der Waals surface area contributed by atoms with Crippen LogP contribution in [0.4, 0.5) is 0 Å². The van der Waals surface area contributed by atoms with Crippen molar-refractivity contribution in [3.8, 4) is 0 Å². The predicted molar refractivity (Wildman–Crippen MR) is 76.2 cm³/mol. The maximum atomic E-state index is 12.1. The average Bonchev–Trinajstić information content (AvgIpc) is 2.79. The molecule has 0 aliphatic carbocycles. The van der Waals surface area contributed by atoms with E-state index in [1.165, 1.54) is 0 Å². The Morgan fingerprint density at radius 1 is 1.38 bits per heavy atom. The van der Waals surface area contributed by atoms with Crippen molar-refractivity contribution in [1.82, 2.24) is 19.3 Å². The SMILES string of the molecule is Cc1nc(=O)n(Cc2cnn(C)c2)c(C)c1CCC(=O)O. The summed E-state index contributed by atoms with van der Waals surface area (Å²) in [6.07, 6.45) is 3.92. The Hall–Kier alpha value is -2.44. The van der Waals surface area contributed by atoms with E-state index in [1.807, 2.05) is 20.2 Å². The van der Waals surface area contributed by atoms with E-state index in [4.69, 9.17) is 5.11 Å². The monoisotopic (exact) mass is 290 g/mol. The van der Waals surface area contributed by atoms with Gasteiger partial charge in [0, 0.05) is 36.6 Å². The number of hydrogen-bond acceptors (Lipinski definition) is 4. The molecule has 21 heavy (non-hydrogen) atoms. The number of hydrogen-bond donors (Lipinski definition) is 1. The van der Waals surface area contributed by atoms with Crippen molar-refractivity contribution in [3.63, 3.8) is 0 Å². The van der Waals surface area contributed by atoms with Crippen molar-refractivity contribution in [2.75, 3.05) is 0 Å². The molecule has 0 saturated heterocycles. The molecule has 0 spiro atoms. The maximum Gasteiger partial charge on any atom is 0.348 e. The second-order valence-electron chi connectivity index (χ2n) is 5.05. The first kappa shape index (κ1) is 15.0. The molecule has 0 atom stereocenters. The predicted octanol–water partition coefficient (Wildman–Crippen LogP) is 0.659. The fourth-order valence-corrected chi connectivity index (χ4v) is 2.36. The molecule has 1 N–H and O–H groups in total. The Morgan fingerprint density at radius 3 is 2.67 bits per heavy atom. The molecular weight excluding hydrogens is 272 g/mol. The van der Waals surface area contributed by atoms with Crippen molar-refractivity contribution in [2.24, 2.45) is 7.05 Å². The molecule has 0 aliphatic heterocycles. The zero-order valence-electron chi connectivity index (χ0n) is 12.3. The summed E-state index contributed by atoms with van der Waals surface area (Å²) in [7, 11) is 1.81. The van der Waals surface area contributed by atoms with Crippen molar-refractivity contribution in [2.45, 2.75) is 33.2 Å². The third kappa shape index (κ3) is 3.36. The number of carboxylic acids is 1. The first-order valence-electron chi connectivity index (χ1n) is 6.64. The van der Waals surface area contributed by atoms with Gasteiger partial charge in [-0.05, 0) is 25.8 Å². The quantitative estimate of drug-likeness (QED) is 0.873. The van der Waals surface area contributed by atoms with Gasteiger partial charge in [-0.25, -0.2) is 4.79 Å². The summed E-state index contributed by atoms with van der Waals surface area (Å²) in [5, 5.41) is 12.9. The van der Waals surface area contributed by atoms with E-state index in [0.717, 1.165) is 16.8 Å². The Bertz CT molecular complexity index is 730. The van der Waals surface area contributed by atoms with E-state index in [1.54, 1.807) is 22.4 Å². The first-order valence-corrected chi connectivity index (χ1v) is 6.64. The Labute approximate surface area is 121 Å². The molecular formula is C14H18N4O3. The van der Waals surface area contributed by atoms with Crippen LogP contribution in [0.2, 0.25) is 0 Å². The fraction of sp³-hybridized carbons (Fsp3) is 0.429. The summed E-state index contributed by atoms with van der Waals surface area (Å²) in [4.78, 5) is 26.8. The van der Waals surface area contributed by atoms with Crippen molar-refractivity contribution < 1.29 is 9.90 Å². The lowest BCUT2D eigenvalue weighted by atomic mass is 10.1. The maximum absolute atomic E-state index is 12.1. The number of nitrogens with zero attached hydrogens (tertiary/aromatic N) is 4. The van der Waals surface area contributed by atoms with E-state index in [0.29, 0.717) is 18.7 Å². The Balaban J connectivity index is 2.38. The molecule has 0 bridgehead atoms. The van der Waals surface area contributed by atoms with Crippen LogP contribution in [0.25, 0.3) is 0 Å². The Kier molecular flexibility index (Phi) is 4.21. The normalized spacial score (nSPS) is 10.8. The van der Waals surface area contributed by atoms with E-state index < -0.39 is 5.97 Å². The van der Waals surface area contributed by atoms with Gasteiger partial charge in [0.15, 0.2) is 0 Å². The molecule has 0 fully saturated rings. The molecule has 0 amide bonds. The molecule has 2 heterocycles. The number of carbonyl (C=O) groups is 1. The van der Waals surface area contributed by atoms with Gasteiger partial charge in [-0.3, -0.25) is 14.0 Å². The average molecular weight is 290 g/mol. The molecule has 0 radical (unpaired) electrons. The van der Waals surface area contributed by atoms with Gasteiger partial charge in [0.2, 0.25) is 0 Å². The van der Waals surface area contributed by atoms with Crippen LogP contribution in [-0.4, -0.2) is 30.4 Å². The van der Waals surface area contributed by atoms with E-state index in [2.05, 4.69) is 10.1 Å². The minimum atomic E-state index is -0.862. The molecule has 0 saturated carbocycles. The lowest BCUT2D eigenvalue weighted by Gasteiger charge is -2.14. The molecule has 7 heteroatoms. The van der Waals surface area contributed by atoms with E-state index in [-0.39, 0.29) is 12.1 Å². The largest absolute Gasteiger partial charge is 0.481 e. The van der Waals surface area contributed by atoms with Crippen LogP contribution in [0.1, 0.15) is 28.9 Å². The van der Waals surface area contributed by atoms with Gasteiger partial charge in [0.05, 0.1) is 12.7 Å². The van der Waals surface area contributed by atoms with Crippen molar-refractivity contribution in [1.29, 1.82) is 0 Å². The highest BCUT2D eigenvalue weighted by atomic mass is 16.4. The topological polar surface area (TPSA) is 90.0 Å². The number of carboxylic acid groups (broad SMARTS) is 1. The molecule has 7 nitrogen and oxygen atoms in total. The second kappa shape index (κ2) is 5.90. The highest BCUT2D eigenvalue weighted by Crippen LogP contribution is 2.13. The highest BCUT2D eigenvalue weighted by Gasteiger charge is 2.13. The summed E-state index contributed by atoms with van der Waals surface area (Å²) < 4.78 is 3.23. The van der Waals surface area contributed by atoms with E-state index in [9.17, 15) is 9.59 Å². The van der Waals surface area contributed by atoms with Gasteiger partial charge in [0.1, 0.15) is 0 Å². The molecule has 112 valence electrons. The van der Waals surface area contributed by atoms with Crippen LogP contribution in [-0.2, 0) is 24.8 Å². The third-order valence-electron chi connectivity index (χ3n) is 3.46. The highest BCUT2D eigenvalue weighted by molar-refractivity contribution is 5.67. The molecule has 2 aromatic heterocycles. The second-order valence-corrected chi connectivity index (χ2v) is 5.05. The van der Waals surface area contributed by atoms with E-state index >= 15 is 0 Å². The van der Waals surface area contributed by atoms with Gasteiger partial charge in [-0.2, -0.15) is 10.1 Å². The lowest BCUT2D eigenvalue weighted by molar-refractivity contribution is -0.136. The minimum Gasteiger partial charge on any atom is -0.481 e. The number of aromatic nitrogens is 4. The van der Waals surface area contributed by atoms with Crippen LogP contribution < -0.4 is 5.69 Å². The van der Waals surface area contributed by atoms with Gasteiger partial charge in [-0.15, -0.1) is 0 Å². The molecule has 0 unspecified atom stereocenters. The van der Waals surface area contributed by atoms with Gasteiger partial charge in [0.25, 0.3) is 0 Å². The van der Waals surface area contributed by atoms with Crippen LogP contribution in [0.3, 0.4) is 0 Å². The zero-order chi connectivity index (χ0) is 15.6. The van der Waals surface area contributed by atoms with Crippen LogP contribution in [0.5, 0.6) is 0 Å². The van der Waals surface area contributed by atoms with Gasteiger partial charge in [-0.1, -0.05) is 0 Å². The Morgan fingerprint density at radius 2 is 2.10 bits per heavy atom. The van der Waals surface area contributed by atoms with Crippen LogP contribution >= 0.6 is 0 Å². The smallest absolute Gasteiger partial charge is 0.348 e.